The summed E-state index contributed by atoms with van der Waals surface area (Å²) in [7, 11) is 0. The van der Waals surface area contributed by atoms with Gasteiger partial charge >= 0.3 is 0 Å². The fraction of sp³-hybridized carbons (Fsp3) is 0.500. The number of alkyl halides is 1. The molecule has 1 aromatic rings. The summed E-state index contributed by atoms with van der Waals surface area (Å²) in [6.07, 6.45) is 5.08. The van der Waals surface area contributed by atoms with E-state index in [-0.39, 0.29) is 5.82 Å². The Morgan fingerprint density at radius 3 is 2.43 bits per heavy atom. The summed E-state index contributed by atoms with van der Waals surface area (Å²) < 4.78 is 12.6. The van der Waals surface area contributed by atoms with E-state index in [2.05, 4.69) is 15.9 Å². The van der Waals surface area contributed by atoms with Crippen molar-refractivity contribution in [2.45, 2.75) is 30.5 Å². The van der Waals surface area contributed by atoms with Gasteiger partial charge < -0.3 is 0 Å². The molecule has 0 aliphatic heterocycles. The zero-order chi connectivity index (χ0) is 9.97. The van der Waals surface area contributed by atoms with Crippen LogP contribution in [0, 0.1) is 11.7 Å². The Bertz CT molecular complexity index is 290. The van der Waals surface area contributed by atoms with Crippen molar-refractivity contribution >= 4 is 15.9 Å². The lowest BCUT2D eigenvalue weighted by molar-refractivity contribution is 0.308. The van der Waals surface area contributed by atoms with Crippen LogP contribution in [0.5, 0.6) is 0 Å². The lowest BCUT2D eigenvalue weighted by Gasteiger charge is -2.30. The van der Waals surface area contributed by atoms with Gasteiger partial charge in [-0.05, 0) is 42.9 Å². The zero-order valence-corrected chi connectivity index (χ0v) is 9.63. The third kappa shape index (κ3) is 2.35. The van der Waals surface area contributed by atoms with E-state index in [9.17, 15) is 4.39 Å². The second-order valence-electron chi connectivity index (χ2n) is 4.04. The highest BCUT2D eigenvalue weighted by Crippen LogP contribution is 2.34. The molecule has 14 heavy (non-hydrogen) atoms. The van der Waals surface area contributed by atoms with Gasteiger partial charge in [0.25, 0.3) is 0 Å². The van der Waals surface area contributed by atoms with Crippen molar-refractivity contribution in [1.29, 1.82) is 0 Å². The Kier molecular flexibility index (Phi) is 3.22. The number of benzene rings is 1. The van der Waals surface area contributed by atoms with Gasteiger partial charge in [-0.3, -0.25) is 0 Å². The fourth-order valence-electron chi connectivity index (χ4n) is 1.81. The number of rotatable bonds is 3. The van der Waals surface area contributed by atoms with Gasteiger partial charge in [0.1, 0.15) is 5.82 Å². The smallest absolute Gasteiger partial charge is 0.123 e. The third-order valence-electron chi connectivity index (χ3n) is 3.01. The summed E-state index contributed by atoms with van der Waals surface area (Å²) in [5.41, 5.74) is 1.22. The van der Waals surface area contributed by atoms with Crippen molar-refractivity contribution in [2.75, 3.05) is 0 Å². The highest BCUT2D eigenvalue weighted by molar-refractivity contribution is 9.09. The SMILES string of the molecule is Fc1ccc(CC(Br)C2CCC2)cc1. The van der Waals surface area contributed by atoms with Crippen molar-refractivity contribution in [3.63, 3.8) is 0 Å². The van der Waals surface area contributed by atoms with Gasteiger partial charge in [0.05, 0.1) is 0 Å². The van der Waals surface area contributed by atoms with E-state index < -0.39 is 0 Å². The molecule has 2 rings (SSSR count). The Morgan fingerprint density at radius 1 is 1.29 bits per heavy atom. The predicted octanol–water partition coefficient (Wildman–Crippen LogP) is 3.93. The molecule has 0 amide bonds. The number of hydrogen-bond donors (Lipinski definition) is 0. The van der Waals surface area contributed by atoms with E-state index >= 15 is 0 Å². The average molecular weight is 257 g/mol. The van der Waals surface area contributed by atoms with Gasteiger partial charge in [0.2, 0.25) is 0 Å². The highest BCUT2D eigenvalue weighted by atomic mass is 79.9. The molecule has 1 atom stereocenters. The van der Waals surface area contributed by atoms with Crippen molar-refractivity contribution in [1.82, 2.24) is 0 Å². The molecule has 0 bridgehead atoms. The molecule has 0 heterocycles. The van der Waals surface area contributed by atoms with Crippen LogP contribution in [0.1, 0.15) is 24.8 Å². The summed E-state index contributed by atoms with van der Waals surface area (Å²) >= 11 is 3.72. The van der Waals surface area contributed by atoms with Crippen molar-refractivity contribution in [3.8, 4) is 0 Å². The molecule has 0 spiro atoms. The van der Waals surface area contributed by atoms with Crippen molar-refractivity contribution in [3.05, 3.63) is 35.6 Å². The number of hydrogen-bond acceptors (Lipinski definition) is 0. The van der Waals surface area contributed by atoms with Gasteiger partial charge in [-0.1, -0.05) is 34.5 Å². The van der Waals surface area contributed by atoms with E-state index in [0.717, 1.165) is 12.3 Å². The first kappa shape index (κ1) is 10.2. The summed E-state index contributed by atoms with van der Waals surface area (Å²) in [4.78, 5) is 0.571. The monoisotopic (exact) mass is 256 g/mol. The molecule has 1 aliphatic carbocycles. The average Bonchev–Trinajstić information content (AvgIpc) is 2.06. The van der Waals surface area contributed by atoms with Gasteiger partial charge in [0, 0.05) is 4.83 Å². The molecule has 1 saturated carbocycles. The summed E-state index contributed by atoms with van der Waals surface area (Å²) in [5, 5.41) is 0. The van der Waals surface area contributed by atoms with E-state index in [1.165, 1.54) is 37.0 Å². The van der Waals surface area contributed by atoms with Gasteiger partial charge in [-0.2, -0.15) is 0 Å². The molecule has 1 unspecified atom stereocenters. The maximum Gasteiger partial charge on any atom is 0.123 e. The lowest BCUT2D eigenvalue weighted by atomic mass is 9.81. The largest absolute Gasteiger partial charge is 0.207 e. The number of halogens is 2. The molecular formula is C12H14BrF. The standard InChI is InChI=1S/C12H14BrF/c13-12(10-2-1-3-10)8-9-4-6-11(14)7-5-9/h4-7,10,12H,1-3,8H2. The molecule has 0 N–H and O–H groups in total. The topological polar surface area (TPSA) is 0 Å². The van der Waals surface area contributed by atoms with Crippen LogP contribution >= 0.6 is 15.9 Å². The fourth-order valence-corrected chi connectivity index (χ4v) is 2.72. The van der Waals surface area contributed by atoms with Gasteiger partial charge in [0.15, 0.2) is 0 Å². The molecule has 1 aromatic carbocycles. The Balaban J connectivity index is 1.92. The maximum atomic E-state index is 12.6. The van der Waals surface area contributed by atoms with Crippen molar-refractivity contribution in [2.24, 2.45) is 5.92 Å². The van der Waals surface area contributed by atoms with E-state index in [1.54, 1.807) is 0 Å². The van der Waals surface area contributed by atoms with Gasteiger partial charge in [-0.25, -0.2) is 4.39 Å². The second-order valence-corrected chi connectivity index (χ2v) is 5.21. The summed E-state index contributed by atoms with van der Waals surface area (Å²) in [6, 6.07) is 6.83. The molecule has 0 aromatic heterocycles. The van der Waals surface area contributed by atoms with Crippen LogP contribution in [-0.4, -0.2) is 4.83 Å². The molecule has 0 saturated heterocycles. The highest BCUT2D eigenvalue weighted by Gasteiger charge is 2.24. The van der Waals surface area contributed by atoms with E-state index in [0.29, 0.717) is 4.83 Å². The molecule has 0 nitrogen and oxygen atoms in total. The van der Waals surface area contributed by atoms with Crippen LogP contribution < -0.4 is 0 Å². The summed E-state index contributed by atoms with van der Waals surface area (Å²) in [6.45, 7) is 0. The molecule has 1 aliphatic rings. The van der Waals surface area contributed by atoms with Crippen LogP contribution in [-0.2, 0) is 6.42 Å². The van der Waals surface area contributed by atoms with Crippen LogP contribution in [0.3, 0.4) is 0 Å². The zero-order valence-electron chi connectivity index (χ0n) is 8.05. The molecular weight excluding hydrogens is 243 g/mol. The second kappa shape index (κ2) is 4.43. The minimum absolute atomic E-state index is 0.150. The van der Waals surface area contributed by atoms with E-state index in [4.69, 9.17) is 0 Å². The first-order valence-corrected chi connectivity index (χ1v) is 6.06. The minimum Gasteiger partial charge on any atom is -0.207 e. The van der Waals surface area contributed by atoms with Crippen LogP contribution in [0.25, 0.3) is 0 Å². The predicted molar refractivity (Wildman–Crippen MR) is 60.2 cm³/mol. The van der Waals surface area contributed by atoms with Crippen molar-refractivity contribution < 1.29 is 4.39 Å². The summed E-state index contributed by atoms with van der Waals surface area (Å²) in [5.74, 6) is 0.684. The Hall–Kier alpha value is -0.370. The molecule has 1 fully saturated rings. The quantitative estimate of drug-likeness (QED) is 0.719. The Labute approximate surface area is 92.6 Å². The normalized spacial score (nSPS) is 19.0. The van der Waals surface area contributed by atoms with Gasteiger partial charge in [-0.15, -0.1) is 0 Å². The molecule has 76 valence electrons. The Morgan fingerprint density at radius 2 is 1.93 bits per heavy atom. The van der Waals surface area contributed by atoms with E-state index in [1.807, 2.05) is 12.1 Å². The minimum atomic E-state index is -0.150. The maximum absolute atomic E-state index is 12.6. The molecule has 2 heteroatoms. The first-order valence-electron chi connectivity index (χ1n) is 5.14. The molecule has 0 radical (unpaired) electrons. The van der Waals surface area contributed by atoms with Crippen LogP contribution in [0.4, 0.5) is 4.39 Å². The van der Waals surface area contributed by atoms with Crippen LogP contribution in [0.2, 0.25) is 0 Å². The third-order valence-corrected chi connectivity index (χ3v) is 4.08. The lowest BCUT2D eigenvalue weighted by Crippen LogP contribution is -2.23. The first-order chi connectivity index (χ1) is 6.75. The van der Waals surface area contributed by atoms with Crippen LogP contribution in [0.15, 0.2) is 24.3 Å².